The maximum atomic E-state index is 11.4. The van der Waals surface area contributed by atoms with Crippen molar-refractivity contribution < 1.29 is 4.79 Å². The Morgan fingerprint density at radius 1 is 1.64 bits per heavy atom. The zero-order valence-electron chi connectivity index (χ0n) is 8.37. The highest BCUT2D eigenvalue weighted by atomic mass is 32.2. The number of hydrogen-bond donors (Lipinski definition) is 1. The number of hydrogen-bond acceptors (Lipinski definition) is 5. The van der Waals surface area contributed by atoms with Crippen LogP contribution in [0.2, 0.25) is 0 Å². The maximum absolute atomic E-state index is 11.4. The van der Waals surface area contributed by atoms with Crippen molar-refractivity contribution >= 4 is 28.8 Å². The van der Waals surface area contributed by atoms with E-state index >= 15 is 0 Å². The first-order valence-electron chi connectivity index (χ1n) is 4.42. The van der Waals surface area contributed by atoms with Crippen molar-refractivity contribution in [2.75, 3.05) is 6.54 Å². The molecule has 0 atom stereocenters. The Bertz CT molecular complexity index is 246. The highest BCUT2D eigenvalue weighted by molar-refractivity contribution is 8.17. The second kappa shape index (κ2) is 9.13. The summed E-state index contributed by atoms with van der Waals surface area (Å²) in [4.78, 5) is 11.9. The first-order valence-corrected chi connectivity index (χ1v) is 6.05. The number of carbonyl (C=O) groups is 1. The van der Waals surface area contributed by atoms with E-state index in [9.17, 15) is 4.79 Å². The number of carbonyl (C=O) groups excluding carboxylic acids is 1. The fourth-order valence-electron chi connectivity index (χ4n) is 0.683. The molecule has 0 heterocycles. The Labute approximate surface area is 93.5 Å². The second-order valence-electron chi connectivity index (χ2n) is 2.48. The number of rotatable bonds is 6. The van der Waals surface area contributed by atoms with E-state index in [1.54, 1.807) is 13.0 Å². The summed E-state index contributed by atoms with van der Waals surface area (Å²) in [5.41, 5.74) is 0. The summed E-state index contributed by atoms with van der Waals surface area (Å²) in [6.07, 6.45) is 3.81. The molecular formula is C9H14N2OS2. The maximum Gasteiger partial charge on any atom is 0.241 e. The van der Waals surface area contributed by atoms with E-state index < -0.39 is 0 Å². The van der Waals surface area contributed by atoms with Gasteiger partial charge in [-0.3, -0.25) is 9.52 Å². The third-order valence-corrected chi connectivity index (χ3v) is 3.03. The van der Waals surface area contributed by atoms with Crippen LogP contribution in [0.1, 0.15) is 26.7 Å². The highest BCUT2D eigenvalue weighted by Gasteiger charge is 2.09. The van der Waals surface area contributed by atoms with E-state index in [1.165, 1.54) is 0 Å². The van der Waals surface area contributed by atoms with E-state index in [4.69, 9.17) is 5.26 Å². The van der Waals surface area contributed by atoms with Crippen LogP contribution in [0.15, 0.2) is 11.0 Å². The van der Waals surface area contributed by atoms with Crippen molar-refractivity contribution in [3.8, 4) is 5.40 Å². The molecule has 0 saturated heterocycles. The van der Waals surface area contributed by atoms with Gasteiger partial charge in [0.1, 0.15) is 5.40 Å². The van der Waals surface area contributed by atoms with Gasteiger partial charge in [-0.2, -0.15) is 5.26 Å². The smallest absolute Gasteiger partial charge is 0.241 e. The van der Waals surface area contributed by atoms with E-state index in [-0.39, 0.29) is 5.12 Å². The molecular weight excluding hydrogens is 216 g/mol. The molecule has 0 amide bonds. The van der Waals surface area contributed by atoms with Crippen molar-refractivity contribution in [2.45, 2.75) is 26.7 Å². The number of allylic oxidation sites excluding steroid dienone is 1. The van der Waals surface area contributed by atoms with Gasteiger partial charge in [0.05, 0.1) is 4.91 Å². The SMILES string of the molecule is C/C=C(/SC#N)C(=O)SNCCCC. The molecule has 0 aliphatic rings. The number of thioether (sulfide) groups is 1. The molecule has 5 heteroatoms. The fourth-order valence-corrected chi connectivity index (χ4v) is 1.83. The molecule has 0 rings (SSSR count). The van der Waals surface area contributed by atoms with Gasteiger partial charge in [-0.25, -0.2) is 0 Å². The van der Waals surface area contributed by atoms with Crippen LogP contribution in [-0.2, 0) is 4.79 Å². The second-order valence-corrected chi connectivity index (χ2v) is 4.17. The lowest BCUT2D eigenvalue weighted by atomic mass is 10.3. The van der Waals surface area contributed by atoms with E-state index in [0.29, 0.717) is 4.91 Å². The molecule has 0 spiro atoms. The topological polar surface area (TPSA) is 52.9 Å². The van der Waals surface area contributed by atoms with Crippen molar-refractivity contribution in [1.29, 1.82) is 5.26 Å². The Morgan fingerprint density at radius 3 is 2.86 bits per heavy atom. The molecule has 0 fully saturated rings. The molecule has 0 aromatic rings. The van der Waals surface area contributed by atoms with Crippen molar-refractivity contribution in [3.05, 3.63) is 11.0 Å². The molecule has 78 valence electrons. The third kappa shape index (κ3) is 6.08. The number of thiocyanates is 1. The molecule has 0 bridgehead atoms. The molecule has 0 saturated carbocycles. The molecule has 0 aromatic heterocycles. The summed E-state index contributed by atoms with van der Waals surface area (Å²) in [7, 11) is 0. The lowest BCUT2D eigenvalue weighted by Gasteiger charge is -2.01. The molecule has 14 heavy (non-hydrogen) atoms. The van der Waals surface area contributed by atoms with Gasteiger partial charge in [-0.15, -0.1) is 0 Å². The van der Waals surface area contributed by atoms with Gasteiger partial charge in [-0.05, 0) is 37.1 Å². The minimum absolute atomic E-state index is 0.0878. The van der Waals surface area contributed by atoms with Gasteiger partial charge in [0.2, 0.25) is 5.12 Å². The van der Waals surface area contributed by atoms with Crippen LogP contribution in [0, 0.1) is 10.7 Å². The van der Waals surface area contributed by atoms with E-state index in [2.05, 4.69) is 11.6 Å². The van der Waals surface area contributed by atoms with Crippen molar-refractivity contribution in [2.24, 2.45) is 0 Å². The largest absolute Gasteiger partial charge is 0.280 e. The molecule has 0 aromatic carbocycles. The first-order chi connectivity index (χ1) is 6.76. The van der Waals surface area contributed by atoms with E-state index in [0.717, 1.165) is 43.1 Å². The summed E-state index contributed by atoms with van der Waals surface area (Å²) in [5, 5.41) is 10.2. The van der Waals surface area contributed by atoms with Crippen LogP contribution in [0.4, 0.5) is 0 Å². The molecule has 1 N–H and O–H groups in total. The summed E-state index contributed by atoms with van der Waals surface area (Å²) in [6, 6.07) is 0. The molecule has 0 unspecified atom stereocenters. The minimum atomic E-state index is -0.0878. The molecule has 0 aliphatic carbocycles. The Hall–Kier alpha value is -0.440. The molecule has 0 aliphatic heterocycles. The normalized spacial score (nSPS) is 11.1. The Balaban J connectivity index is 3.78. The summed E-state index contributed by atoms with van der Waals surface area (Å²) in [6.45, 7) is 4.67. The molecule has 3 nitrogen and oxygen atoms in total. The third-order valence-electron chi connectivity index (χ3n) is 1.42. The van der Waals surface area contributed by atoms with Crippen LogP contribution in [-0.4, -0.2) is 11.7 Å². The monoisotopic (exact) mass is 230 g/mol. The fraction of sp³-hybridized carbons (Fsp3) is 0.556. The van der Waals surface area contributed by atoms with Crippen LogP contribution in [0.25, 0.3) is 0 Å². The zero-order chi connectivity index (χ0) is 10.8. The van der Waals surface area contributed by atoms with Crippen LogP contribution < -0.4 is 4.72 Å². The lowest BCUT2D eigenvalue weighted by molar-refractivity contribution is -0.107. The number of unbranched alkanes of at least 4 members (excludes halogenated alkanes) is 1. The van der Waals surface area contributed by atoms with Crippen molar-refractivity contribution in [1.82, 2.24) is 4.72 Å². The number of nitrogens with zero attached hydrogens (tertiary/aromatic N) is 1. The molecule has 0 radical (unpaired) electrons. The van der Waals surface area contributed by atoms with Gasteiger partial charge in [0.25, 0.3) is 0 Å². The minimum Gasteiger partial charge on any atom is -0.280 e. The van der Waals surface area contributed by atoms with E-state index in [1.807, 2.05) is 5.40 Å². The number of nitrogens with one attached hydrogen (secondary N) is 1. The average Bonchev–Trinajstić information content (AvgIpc) is 2.20. The average molecular weight is 230 g/mol. The summed E-state index contributed by atoms with van der Waals surface area (Å²) < 4.78 is 2.96. The number of nitriles is 1. The predicted molar refractivity (Wildman–Crippen MR) is 62.5 cm³/mol. The standard InChI is InChI=1S/C9H14N2OS2/c1-3-5-6-11-14-9(12)8(4-2)13-7-10/h4,11H,3,5-6H2,1-2H3/b8-4+. The van der Waals surface area contributed by atoms with Crippen molar-refractivity contribution in [3.63, 3.8) is 0 Å². The summed E-state index contributed by atoms with van der Waals surface area (Å²) >= 11 is 1.96. The van der Waals surface area contributed by atoms with Gasteiger partial charge >= 0.3 is 0 Å². The Kier molecular flexibility index (Phi) is 8.84. The first kappa shape index (κ1) is 13.6. The lowest BCUT2D eigenvalue weighted by Crippen LogP contribution is -2.09. The van der Waals surface area contributed by atoms with Gasteiger partial charge in [-0.1, -0.05) is 19.4 Å². The van der Waals surface area contributed by atoms with Gasteiger partial charge < -0.3 is 0 Å². The Morgan fingerprint density at radius 2 is 2.36 bits per heavy atom. The zero-order valence-corrected chi connectivity index (χ0v) is 10.0. The van der Waals surface area contributed by atoms with Crippen LogP contribution in [0.3, 0.4) is 0 Å². The van der Waals surface area contributed by atoms with Gasteiger partial charge in [0, 0.05) is 6.54 Å². The van der Waals surface area contributed by atoms with Gasteiger partial charge in [0.15, 0.2) is 0 Å². The van der Waals surface area contributed by atoms with Crippen LogP contribution in [0.5, 0.6) is 0 Å². The predicted octanol–water partition coefficient (Wildman–Crippen LogP) is 2.67. The summed E-state index contributed by atoms with van der Waals surface area (Å²) in [5.74, 6) is 0. The quantitative estimate of drug-likeness (QED) is 0.329. The van der Waals surface area contributed by atoms with Crippen LogP contribution >= 0.6 is 23.7 Å². The highest BCUT2D eigenvalue weighted by Crippen LogP contribution is 2.19.